The number of rotatable bonds is 7. The second-order valence-electron chi connectivity index (χ2n) is 4.52. The van der Waals surface area contributed by atoms with E-state index < -0.39 is 5.54 Å². The molecule has 1 heterocycles. The van der Waals surface area contributed by atoms with Crippen LogP contribution in [0.1, 0.15) is 27.2 Å². The lowest BCUT2D eigenvalue weighted by Gasteiger charge is -2.30. The van der Waals surface area contributed by atoms with Crippen LogP contribution in [0, 0.1) is 0 Å². The molecule has 1 atom stereocenters. The fraction of sp³-hybridized carbons (Fsp3) is 0.667. The standard InChI is InChI=1S/C12H20N2O2S2/c1-9(2)14-12(3,10(15)16-4)5-7-17-11-13-6-8-18-11/h6,8-9,14H,5,7H2,1-4H3. The minimum Gasteiger partial charge on any atom is -0.468 e. The Bertz CT molecular complexity index is 368. The second kappa shape index (κ2) is 7.11. The summed E-state index contributed by atoms with van der Waals surface area (Å²) in [5, 5.41) is 5.23. The van der Waals surface area contributed by atoms with Crippen molar-refractivity contribution < 1.29 is 9.53 Å². The van der Waals surface area contributed by atoms with Gasteiger partial charge in [0.1, 0.15) is 9.88 Å². The average Bonchev–Trinajstić information content (AvgIpc) is 2.80. The van der Waals surface area contributed by atoms with Gasteiger partial charge in [-0.15, -0.1) is 11.3 Å². The summed E-state index contributed by atoms with van der Waals surface area (Å²) in [7, 11) is 1.43. The van der Waals surface area contributed by atoms with Crippen molar-refractivity contribution in [2.75, 3.05) is 12.9 Å². The third-order valence-corrected chi connectivity index (χ3v) is 4.45. The van der Waals surface area contributed by atoms with Crippen LogP contribution in [0.25, 0.3) is 0 Å². The van der Waals surface area contributed by atoms with E-state index in [0.717, 1.165) is 10.1 Å². The Morgan fingerprint density at radius 1 is 1.67 bits per heavy atom. The Morgan fingerprint density at radius 3 is 2.89 bits per heavy atom. The predicted octanol–water partition coefficient (Wildman–Crippen LogP) is 2.56. The van der Waals surface area contributed by atoms with Crippen molar-refractivity contribution in [1.82, 2.24) is 10.3 Å². The largest absolute Gasteiger partial charge is 0.468 e. The fourth-order valence-electron chi connectivity index (χ4n) is 1.72. The van der Waals surface area contributed by atoms with Crippen molar-refractivity contribution in [1.29, 1.82) is 0 Å². The Kier molecular flexibility index (Phi) is 6.11. The maximum Gasteiger partial charge on any atom is 0.325 e. The first-order valence-electron chi connectivity index (χ1n) is 5.86. The quantitative estimate of drug-likeness (QED) is 0.617. The summed E-state index contributed by atoms with van der Waals surface area (Å²) < 4.78 is 5.91. The van der Waals surface area contributed by atoms with Crippen LogP contribution < -0.4 is 5.32 Å². The molecule has 0 bridgehead atoms. The zero-order chi connectivity index (χ0) is 13.6. The third-order valence-electron chi connectivity index (χ3n) is 2.48. The maximum absolute atomic E-state index is 11.9. The third kappa shape index (κ3) is 4.59. The number of carbonyl (C=O) groups excluding carboxylic acids is 1. The average molecular weight is 288 g/mol. The molecule has 0 aliphatic rings. The van der Waals surface area contributed by atoms with E-state index in [4.69, 9.17) is 4.74 Å². The van der Waals surface area contributed by atoms with E-state index >= 15 is 0 Å². The summed E-state index contributed by atoms with van der Waals surface area (Å²) in [6, 6.07) is 0.235. The molecule has 6 heteroatoms. The molecule has 18 heavy (non-hydrogen) atoms. The lowest BCUT2D eigenvalue weighted by molar-refractivity contribution is -0.148. The highest BCUT2D eigenvalue weighted by atomic mass is 32.2. The zero-order valence-electron chi connectivity index (χ0n) is 11.2. The zero-order valence-corrected chi connectivity index (χ0v) is 12.9. The molecule has 0 fully saturated rings. The Morgan fingerprint density at radius 2 is 2.39 bits per heavy atom. The van der Waals surface area contributed by atoms with Gasteiger partial charge in [0.15, 0.2) is 0 Å². The monoisotopic (exact) mass is 288 g/mol. The number of nitrogens with zero attached hydrogens (tertiary/aromatic N) is 1. The van der Waals surface area contributed by atoms with Crippen LogP contribution in [0.2, 0.25) is 0 Å². The minimum atomic E-state index is -0.632. The summed E-state index contributed by atoms with van der Waals surface area (Å²) in [4.78, 5) is 16.1. The van der Waals surface area contributed by atoms with Crippen LogP contribution in [-0.4, -0.2) is 35.4 Å². The van der Waals surface area contributed by atoms with Crippen molar-refractivity contribution in [3.8, 4) is 0 Å². The first kappa shape index (κ1) is 15.5. The summed E-state index contributed by atoms with van der Waals surface area (Å²) in [5.41, 5.74) is -0.632. The van der Waals surface area contributed by atoms with Crippen LogP contribution >= 0.6 is 23.1 Å². The Labute approximate surface area is 117 Å². The highest BCUT2D eigenvalue weighted by molar-refractivity contribution is 8.00. The van der Waals surface area contributed by atoms with E-state index in [1.165, 1.54) is 7.11 Å². The minimum absolute atomic E-state index is 0.212. The molecule has 4 nitrogen and oxygen atoms in total. The molecule has 1 rings (SSSR count). The van der Waals surface area contributed by atoms with E-state index in [0.29, 0.717) is 6.42 Å². The van der Waals surface area contributed by atoms with Gasteiger partial charge < -0.3 is 4.74 Å². The molecule has 1 unspecified atom stereocenters. The second-order valence-corrected chi connectivity index (χ2v) is 6.76. The topological polar surface area (TPSA) is 51.2 Å². The Balaban J connectivity index is 2.53. The van der Waals surface area contributed by atoms with Gasteiger partial charge in [0, 0.05) is 23.4 Å². The van der Waals surface area contributed by atoms with Gasteiger partial charge in [0.05, 0.1) is 7.11 Å². The lowest BCUT2D eigenvalue weighted by Crippen LogP contribution is -2.53. The number of aromatic nitrogens is 1. The lowest BCUT2D eigenvalue weighted by atomic mass is 9.98. The highest BCUT2D eigenvalue weighted by Gasteiger charge is 2.34. The number of hydrogen-bond acceptors (Lipinski definition) is 6. The van der Waals surface area contributed by atoms with Crippen LogP contribution in [0.4, 0.5) is 0 Å². The van der Waals surface area contributed by atoms with Crippen LogP contribution in [0.3, 0.4) is 0 Å². The van der Waals surface area contributed by atoms with Gasteiger partial charge >= 0.3 is 5.97 Å². The fourth-order valence-corrected chi connectivity index (χ4v) is 3.59. The normalized spacial score (nSPS) is 14.5. The summed E-state index contributed by atoms with van der Waals surface area (Å²) in [6.45, 7) is 5.94. The van der Waals surface area contributed by atoms with Gasteiger partial charge in [0.25, 0.3) is 0 Å². The first-order chi connectivity index (χ1) is 8.48. The van der Waals surface area contributed by atoms with Gasteiger partial charge in [-0.2, -0.15) is 0 Å². The molecule has 0 spiro atoms. The summed E-state index contributed by atoms with van der Waals surface area (Å²) in [5.74, 6) is 0.620. The van der Waals surface area contributed by atoms with Crippen molar-refractivity contribution in [2.24, 2.45) is 0 Å². The van der Waals surface area contributed by atoms with Crippen LogP contribution in [0.5, 0.6) is 0 Å². The van der Waals surface area contributed by atoms with Crippen molar-refractivity contribution in [3.05, 3.63) is 11.6 Å². The molecule has 1 aromatic heterocycles. The molecule has 0 aromatic carbocycles. The van der Waals surface area contributed by atoms with Gasteiger partial charge in [-0.25, -0.2) is 4.98 Å². The van der Waals surface area contributed by atoms with E-state index in [-0.39, 0.29) is 12.0 Å². The SMILES string of the molecule is COC(=O)C(C)(CCSc1nccs1)NC(C)C. The first-order valence-corrected chi connectivity index (χ1v) is 7.73. The number of esters is 1. The molecule has 0 amide bonds. The number of hydrogen-bond donors (Lipinski definition) is 1. The van der Waals surface area contributed by atoms with E-state index in [1.807, 2.05) is 26.2 Å². The predicted molar refractivity (Wildman–Crippen MR) is 76.1 cm³/mol. The summed E-state index contributed by atoms with van der Waals surface area (Å²) in [6.07, 6.45) is 2.50. The maximum atomic E-state index is 11.9. The van der Waals surface area contributed by atoms with Crippen molar-refractivity contribution >= 4 is 29.1 Å². The Hall–Kier alpha value is -0.590. The molecule has 0 radical (unpaired) electrons. The summed E-state index contributed by atoms with van der Waals surface area (Å²) >= 11 is 3.29. The van der Waals surface area contributed by atoms with Crippen molar-refractivity contribution in [2.45, 2.75) is 43.1 Å². The number of ether oxygens (including phenoxy) is 1. The van der Waals surface area contributed by atoms with Crippen LogP contribution in [0.15, 0.2) is 15.9 Å². The number of methoxy groups -OCH3 is 1. The number of nitrogens with one attached hydrogen (secondary N) is 1. The molecule has 0 saturated heterocycles. The molecule has 1 N–H and O–H groups in total. The smallest absolute Gasteiger partial charge is 0.325 e. The van der Waals surface area contributed by atoms with Gasteiger partial charge in [-0.1, -0.05) is 11.8 Å². The number of thiazole rings is 1. The number of thioether (sulfide) groups is 1. The van der Waals surface area contributed by atoms with E-state index in [2.05, 4.69) is 10.3 Å². The molecule has 0 aliphatic carbocycles. The molecular formula is C12H20N2O2S2. The molecule has 1 aromatic rings. The molecular weight excluding hydrogens is 268 g/mol. The molecule has 0 saturated carbocycles. The van der Waals surface area contributed by atoms with Gasteiger partial charge in [-0.3, -0.25) is 10.1 Å². The van der Waals surface area contributed by atoms with E-state index in [9.17, 15) is 4.79 Å². The van der Waals surface area contributed by atoms with Gasteiger partial charge in [0.2, 0.25) is 0 Å². The van der Waals surface area contributed by atoms with Crippen molar-refractivity contribution in [3.63, 3.8) is 0 Å². The number of carbonyl (C=O) groups is 1. The molecule has 0 aliphatic heterocycles. The molecule has 102 valence electrons. The van der Waals surface area contributed by atoms with E-state index in [1.54, 1.807) is 29.3 Å². The van der Waals surface area contributed by atoms with Crippen LogP contribution in [-0.2, 0) is 9.53 Å². The highest BCUT2D eigenvalue weighted by Crippen LogP contribution is 2.24. The van der Waals surface area contributed by atoms with Gasteiger partial charge in [-0.05, 0) is 27.2 Å².